The number of hydrogen-bond acceptors (Lipinski definition) is 5. The number of hydrogen-bond donors (Lipinski definition) is 3. The van der Waals surface area contributed by atoms with E-state index in [2.05, 4.69) is 20.3 Å². The Hall–Kier alpha value is -2.05. The van der Waals surface area contributed by atoms with Crippen LogP contribution in [-0.4, -0.2) is 15.9 Å². The van der Waals surface area contributed by atoms with Gasteiger partial charge in [-0.15, -0.1) is 0 Å². The predicted octanol–water partition coefficient (Wildman–Crippen LogP) is -1.45. The van der Waals surface area contributed by atoms with Crippen LogP contribution in [-0.2, 0) is 0 Å². The first-order valence-electron chi connectivity index (χ1n) is 3.12. The zero-order valence-electron chi connectivity index (χ0n) is 5.90. The SMILES string of the molecule is NC1=Nc2c(nc(N)[nH]c2=O)[N]1. The number of fused-ring (bicyclic) bond motifs is 1. The van der Waals surface area contributed by atoms with Gasteiger partial charge < -0.3 is 11.5 Å². The summed E-state index contributed by atoms with van der Waals surface area (Å²) in [6, 6.07) is 0. The second-order valence-electron chi connectivity index (χ2n) is 2.21. The van der Waals surface area contributed by atoms with Crippen LogP contribution in [0.15, 0.2) is 9.79 Å². The fourth-order valence-electron chi connectivity index (χ4n) is 0.899. The van der Waals surface area contributed by atoms with Gasteiger partial charge in [0.25, 0.3) is 5.56 Å². The third-order valence-electron chi connectivity index (χ3n) is 1.34. The summed E-state index contributed by atoms with van der Waals surface area (Å²) in [5.74, 6) is 0.203. The van der Waals surface area contributed by atoms with Gasteiger partial charge in [0.2, 0.25) is 11.9 Å². The molecule has 12 heavy (non-hydrogen) atoms. The quantitative estimate of drug-likeness (QED) is 0.434. The number of nitrogens with two attached hydrogens (primary N) is 2. The third kappa shape index (κ3) is 0.797. The van der Waals surface area contributed by atoms with Crippen molar-refractivity contribution < 1.29 is 0 Å². The van der Waals surface area contributed by atoms with Crippen LogP contribution in [0.1, 0.15) is 0 Å². The van der Waals surface area contributed by atoms with E-state index in [-0.39, 0.29) is 23.4 Å². The molecule has 0 saturated carbocycles. The Kier molecular flexibility index (Phi) is 1.09. The number of nitrogen functional groups attached to an aromatic ring is 1. The van der Waals surface area contributed by atoms with Gasteiger partial charge in [0.15, 0.2) is 11.5 Å². The Labute approximate surface area is 66.5 Å². The molecular formula is C5H5N6O. The topological polar surface area (TPSA) is 124 Å². The molecule has 1 radical (unpaired) electrons. The number of aliphatic imine (C=N–C) groups is 1. The van der Waals surface area contributed by atoms with Crippen LogP contribution < -0.4 is 22.3 Å². The van der Waals surface area contributed by atoms with Crippen LogP contribution in [0, 0.1) is 0 Å². The molecule has 0 amide bonds. The van der Waals surface area contributed by atoms with Crippen molar-refractivity contribution in [1.29, 1.82) is 0 Å². The Morgan fingerprint density at radius 3 is 2.83 bits per heavy atom. The molecule has 1 aromatic heterocycles. The first-order valence-corrected chi connectivity index (χ1v) is 3.12. The van der Waals surface area contributed by atoms with Crippen LogP contribution in [0.25, 0.3) is 0 Å². The van der Waals surface area contributed by atoms with Gasteiger partial charge in [0.05, 0.1) is 0 Å². The summed E-state index contributed by atoms with van der Waals surface area (Å²) < 4.78 is 0. The lowest BCUT2D eigenvalue weighted by molar-refractivity contribution is 1.09. The summed E-state index contributed by atoms with van der Waals surface area (Å²) in [7, 11) is 0. The van der Waals surface area contributed by atoms with E-state index in [0.29, 0.717) is 0 Å². The van der Waals surface area contributed by atoms with Crippen molar-refractivity contribution in [2.45, 2.75) is 0 Å². The van der Waals surface area contributed by atoms with Gasteiger partial charge in [0.1, 0.15) is 0 Å². The summed E-state index contributed by atoms with van der Waals surface area (Å²) >= 11 is 0. The highest BCUT2D eigenvalue weighted by atomic mass is 16.1. The Balaban J connectivity index is 2.70. The smallest absolute Gasteiger partial charge is 0.280 e. The average molecular weight is 165 g/mol. The van der Waals surface area contributed by atoms with Crippen molar-refractivity contribution in [3.05, 3.63) is 10.4 Å². The molecule has 1 aliphatic rings. The predicted molar refractivity (Wildman–Crippen MR) is 42.3 cm³/mol. The van der Waals surface area contributed by atoms with Crippen LogP contribution in [0.4, 0.5) is 17.5 Å². The number of H-pyrrole nitrogens is 1. The second kappa shape index (κ2) is 1.97. The molecule has 0 fully saturated rings. The Morgan fingerprint density at radius 1 is 1.33 bits per heavy atom. The van der Waals surface area contributed by atoms with Crippen molar-refractivity contribution in [1.82, 2.24) is 15.3 Å². The van der Waals surface area contributed by atoms with Crippen LogP contribution in [0.3, 0.4) is 0 Å². The molecule has 7 nitrogen and oxygen atoms in total. The number of nitrogens with one attached hydrogen (secondary N) is 1. The minimum absolute atomic E-state index is 0.00685. The van der Waals surface area contributed by atoms with Crippen molar-refractivity contribution in [3.63, 3.8) is 0 Å². The summed E-state index contributed by atoms with van der Waals surface area (Å²) in [4.78, 5) is 20.7. The van der Waals surface area contributed by atoms with E-state index in [0.717, 1.165) is 0 Å². The molecule has 7 heteroatoms. The standard InChI is InChI=1S/C5H5N6O/c6-4-8-1-2(9-4)10-5(7)11-3(1)12/h(H2,6,8)(H3,7,10,11,12). The van der Waals surface area contributed by atoms with Crippen molar-refractivity contribution in [2.75, 3.05) is 5.73 Å². The van der Waals surface area contributed by atoms with E-state index in [4.69, 9.17) is 11.5 Å². The molecule has 0 unspecified atom stereocenters. The zero-order chi connectivity index (χ0) is 8.72. The summed E-state index contributed by atoms with van der Waals surface area (Å²) in [6.45, 7) is 0. The Bertz CT molecular complexity index is 418. The molecule has 2 heterocycles. The van der Waals surface area contributed by atoms with Crippen molar-refractivity contribution in [3.8, 4) is 0 Å². The van der Waals surface area contributed by atoms with Gasteiger partial charge in [-0.05, 0) is 0 Å². The molecule has 1 aliphatic heterocycles. The Morgan fingerprint density at radius 2 is 2.08 bits per heavy atom. The summed E-state index contributed by atoms with van der Waals surface area (Å²) in [6.07, 6.45) is 0. The lowest BCUT2D eigenvalue weighted by Gasteiger charge is -1.94. The van der Waals surface area contributed by atoms with Crippen molar-refractivity contribution >= 4 is 23.4 Å². The van der Waals surface area contributed by atoms with E-state index < -0.39 is 5.56 Å². The molecule has 0 bridgehead atoms. The van der Waals surface area contributed by atoms with Gasteiger partial charge in [-0.25, -0.2) is 4.99 Å². The minimum atomic E-state index is -0.429. The van der Waals surface area contributed by atoms with Gasteiger partial charge in [-0.3, -0.25) is 9.78 Å². The molecular weight excluding hydrogens is 160 g/mol. The van der Waals surface area contributed by atoms with E-state index in [1.54, 1.807) is 0 Å². The molecule has 5 N–H and O–H groups in total. The minimum Gasteiger partial charge on any atom is -0.369 e. The average Bonchev–Trinajstić information content (AvgIpc) is 2.29. The van der Waals surface area contributed by atoms with Gasteiger partial charge >= 0.3 is 0 Å². The maximum Gasteiger partial charge on any atom is 0.280 e. The van der Waals surface area contributed by atoms with Gasteiger partial charge in [-0.1, -0.05) is 0 Å². The summed E-state index contributed by atoms with van der Waals surface area (Å²) in [5, 5.41) is 3.69. The zero-order valence-corrected chi connectivity index (χ0v) is 5.90. The first-order chi connectivity index (χ1) is 5.66. The first kappa shape index (κ1) is 6.65. The molecule has 0 aliphatic carbocycles. The lowest BCUT2D eigenvalue weighted by Crippen LogP contribution is -2.18. The van der Waals surface area contributed by atoms with Gasteiger partial charge in [-0.2, -0.15) is 10.3 Å². The number of nitrogens with zero attached hydrogens (tertiary/aromatic N) is 3. The lowest BCUT2D eigenvalue weighted by atomic mass is 10.5. The molecule has 0 saturated heterocycles. The largest absolute Gasteiger partial charge is 0.369 e. The number of aromatic nitrogens is 2. The van der Waals surface area contributed by atoms with E-state index in [9.17, 15) is 4.79 Å². The van der Waals surface area contributed by atoms with Crippen LogP contribution in [0.2, 0.25) is 0 Å². The molecule has 1 aromatic rings. The van der Waals surface area contributed by atoms with Crippen LogP contribution in [0.5, 0.6) is 0 Å². The van der Waals surface area contributed by atoms with Crippen LogP contribution >= 0.6 is 0 Å². The fourth-order valence-corrected chi connectivity index (χ4v) is 0.899. The van der Waals surface area contributed by atoms with Crippen molar-refractivity contribution in [2.24, 2.45) is 10.7 Å². The normalized spacial score (nSPS) is 13.5. The number of anilines is 1. The van der Waals surface area contributed by atoms with E-state index in [1.807, 2.05) is 0 Å². The molecule has 0 spiro atoms. The number of guanidine groups is 1. The molecule has 61 valence electrons. The second-order valence-corrected chi connectivity index (χ2v) is 2.21. The number of rotatable bonds is 0. The third-order valence-corrected chi connectivity index (χ3v) is 1.34. The maximum atomic E-state index is 11.1. The van der Waals surface area contributed by atoms with E-state index >= 15 is 0 Å². The highest BCUT2D eigenvalue weighted by Gasteiger charge is 2.18. The highest BCUT2D eigenvalue weighted by Crippen LogP contribution is 2.22. The molecule has 0 aromatic carbocycles. The molecule has 0 atom stereocenters. The van der Waals surface area contributed by atoms with E-state index in [1.165, 1.54) is 0 Å². The summed E-state index contributed by atoms with van der Waals surface area (Å²) in [5.41, 5.74) is 10.2. The molecule has 2 rings (SSSR count). The maximum absolute atomic E-state index is 11.1. The monoisotopic (exact) mass is 165 g/mol. The fraction of sp³-hybridized carbons (Fsp3) is 0. The van der Waals surface area contributed by atoms with Gasteiger partial charge in [0, 0.05) is 0 Å². The highest BCUT2D eigenvalue weighted by molar-refractivity contribution is 5.91. The number of aromatic amines is 1.